The van der Waals surface area contributed by atoms with Crippen molar-refractivity contribution in [3.05, 3.63) is 37.2 Å². The maximum atomic E-state index is 9.25. The number of hydrogen-bond acceptors (Lipinski definition) is 1. The first-order chi connectivity index (χ1) is 4.77. The fourth-order valence-electron chi connectivity index (χ4n) is 0.278. The molecule has 0 radical (unpaired) electrons. The third-order valence-electron chi connectivity index (χ3n) is 0.671. The molecule has 1 rings (SSSR count). The zero-order chi connectivity index (χ0) is 7.82. The molecule has 0 aliphatic rings. The van der Waals surface area contributed by atoms with E-state index in [1.807, 2.05) is 24.5 Å². The molecule has 3 nitrogen and oxygen atoms in total. The minimum Gasteiger partial charge on any atom is -0.478 e. The van der Waals surface area contributed by atoms with Crippen LogP contribution in [-0.2, 0) is 4.79 Å². The standard InChI is InChI=1S/C4H5N.C3H4O2/c1-2-4-5-3-1;1-2-3(4)5/h1-5H;2H,1H2,(H,4,5). The van der Waals surface area contributed by atoms with Gasteiger partial charge in [-0.3, -0.25) is 0 Å². The lowest BCUT2D eigenvalue weighted by atomic mass is 10.7. The van der Waals surface area contributed by atoms with Crippen LogP contribution in [0.1, 0.15) is 0 Å². The number of hydrogen-bond donors (Lipinski definition) is 2. The second-order valence-electron chi connectivity index (χ2n) is 1.43. The van der Waals surface area contributed by atoms with Crippen molar-refractivity contribution in [1.82, 2.24) is 4.98 Å². The molecule has 0 bridgehead atoms. The zero-order valence-corrected chi connectivity index (χ0v) is 5.45. The first kappa shape index (κ1) is 8.49. The number of carbonyl (C=O) groups is 1. The van der Waals surface area contributed by atoms with Crippen molar-refractivity contribution in [2.75, 3.05) is 0 Å². The van der Waals surface area contributed by atoms with Crippen LogP contribution >= 0.6 is 0 Å². The zero-order valence-electron chi connectivity index (χ0n) is 5.45. The molecule has 0 unspecified atom stereocenters. The van der Waals surface area contributed by atoms with E-state index >= 15 is 0 Å². The fraction of sp³-hybridized carbons (Fsp3) is 0. The predicted molar refractivity (Wildman–Crippen MR) is 38.6 cm³/mol. The summed E-state index contributed by atoms with van der Waals surface area (Å²) in [6.45, 7) is 2.96. The highest BCUT2D eigenvalue weighted by Gasteiger charge is 1.73. The number of carboxylic acid groups (broad SMARTS) is 1. The Kier molecular flexibility index (Phi) is 4.77. The number of H-pyrrole nitrogens is 1. The van der Waals surface area contributed by atoms with Crippen LogP contribution in [0.25, 0.3) is 0 Å². The van der Waals surface area contributed by atoms with E-state index in [0.29, 0.717) is 0 Å². The molecular weight excluding hydrogens is 130 g/mol. The molecule has 0 saturated carbocycles. The molecule has 0 aliphatic carbocycles. The smallest absolute Gasteiger partial charge is 0.327 e. The number of rotatable bonds is 1. The maximum Gasteiger partial charge on any atom is 0.327 e. The average molecular weight is 139 g/mol. The Balaban J connectivity index is 0.000000162. The fourth-order valence-corrected chi connectivity index (χ4v) is 0.278. The molecule has 10 heavy (non-hydrogen) atoms. The molecule has 0 fully saturated rings. The topological polar surface area (TPSA) is 53.1 Å². The summed E-state index contributed by atoms with van der Waals surface area (Å²) >= 11 is 0. The SMILES string of the molecule is C=CC(=O)O.c1cc[nH]c1. The van der Waals surface area contributed by atoms with Crippen molar-refractivity contribution in [3.63, 3.8) is 0 Å². The molecule has 1 heterocycles. The monoisotopic (exact) mass is 139 g/mol. The largest absolute Gasteiger partial charge is 0.478 e. The molecule has 0 aromatic carbocycles. The van der Waals surface area contributed by atoms with E-state index in [9.17, 15) is 4.79 Å². The summed E-state index contributed by atoms with van der Waals surface area (Å²) in [5, 5.41) is 7.60. The molecule has 2 N–H and O–H groups in total. The summed E-state index contributed by atoms with van der Waals surface area (Å²) < 4.78 is 0. The second-order valence-corrected chi connectivity index (χ2v) is 1.43. The first-order valence-electron chi connectivity index (χ1n) is 2.70. The van der Waals surface area contributed by atoms with E-state index in [1.54, 1.807) is 0 Å². The van der Waals surface area contributed by atoms with E-state index in [-0.39, 0.29) is 0 Å². The molecule has 1 aromatic rings. The van der Waals surface area contributed by atoms with E-state index in [0.717, 1.165) is 6.08 Å². The molecular formula is C7H9NO2. The molecule has 0 aliphatic heterocycles. The van der Waals surface area contributed by atoms with Gasteiger partial charge in [-0.1, -0.05) is 6.58 Å². The highest BCUT2D eigenvalue weighted by Crippen LogP contribution is 1.72. The van der Waals surface area contributed by atoms with E-state index in [1.165, 1.54) is 0 Å². The third-order valence-corrected chi connectivity index (χ3v) is 0.671. The number of aromatic amines is 1. The number of nitrogens with one attached hydrogen (secondary N) is 1. The molecule has 54 valence electrons. The summed E-state index contributed by atoms with van der Waals surface area (Å²) in [7, 11) is 0. The van der Waals surface area contributed by atoms with Crippen molar-refractivity contribution in [3.8, 4) is 0 Å². The summed E-state index contributed by atoms with van der Waals surface area (Å²) in [5.41, 5.74) is 0. The predicted octanol–water partition coefficient (Wildman–Crippen LogP) is 1.27. The lowest BCUT2D eigenvalue weighted by Crippen LogP contribution is -1.82. The number of aliphatic carboxylic acids is 1. The maximum absolute atomic E-state index is 9.25. The highest BCUT2D eigenvalue weighted by atomic mass is 16.4. The molecule has 0 atom stereocenters. The van der Waals surface area contributed by atoms with Gasteiger partial charge in [0.05, 0.1) is 0 Å². The number of aromatic nitrogens is 1. The summed E-state index contributed by atoms with van der Waals surface area (Å²) in [4.78, 5) is 12.1. The Morgan fingerprint density at radius 3 is 2.00 bits per heavy atom. The van der Waals surface area contributed by atoms with Crippen molar-refractivity contribution in [2.45, 2.75) is 0 Å². The number of carboxylic acids is 1. The summed E-state index contributed by atoms with van der Waals surface area (Å²) in [6, 6.07) is 3.89. The lowest BCUT2D eigenvalue weighted by Gasteiger charge is -1.64. The molecule has 0 saturated heterocycles. The van der Waals surface area contributed by atoms with Crippen LogP contribution in [0.2, 0.25) is 0 Å². The van der Waals surface area contributed by atoms with E-state index in [2.05, 4.69) is 11.6 Å². The second kappa shape index (κ2) is 5.62. The Bertz CT molecular complexity index is 162. The van der Waals surface area contributed by atoms with Crippen LogP contribution in [0.3, 0.4) is 0 Å². The molecule has 3 heteroatoms. The van der Waals surface area contributed by atoms with Crippen LogP contribution < -0.4 is 0 Å². The van der Waals surface area contributed by atoms with Gasteiger partial charge in [0.1, 0.15) is 0 Å². The minimum absolute atomic E-state index is 0.833. The Labute approximate surface area is 59.0 Å². The van der Waals surface area contributed by atoms with Gasteiger partial charge in [0.25, 0.3) is 0 Å². The highest BCUT2D eigenvalue weighted by molar-refractivity contribution is 5.78. The van der Waals surface area contributed by atoms with Gasteiger partial charge in [0.2, 0.25) is 0 Å². The Morgan fingerprint density at radius 2 is 1.90 bits per heavy atom. The van der Waals surface area contributed by atoms with E-state index in [4.69, 9.17) is 5.11 Å². The van der Waals surface area contributed by atoms with Gasteiger partial charge < -0.3 is 10.1 Å². The summed E-state index contributed by atoms with van der Waals surface area (Å²) in [6.07, 6.45) is 4.58. The normalized spacial score (nSPS) is 7.20. The van der Waals surface area contributed by atoms with Crippen LogP contribution in [0.4, 0.5) is 0 Å². The Morgan fingerprint density at radius 1 is 1.50 bits per heavy atom. The van der Waals surface area contributed by atoms with Crippen LogP contribution in [0.15, 0.2) is 37.2 Å². The van der Waals surface area contributed by atoms with Gasteiger partial charge in [-0.15, -0.1) is 0 Å². The van der Waals surface area contributed by atoms with Crippen molar-refractivity contribution >= 4 is 5.97 Å². The quantitative estimate of drug-likeness (QED) is 0.575. The van der Waals surface area contributed by atoms with Gasteiger partial charge in [-0.05, 0) is 12.1 Å². The van der Waals surface area contributed by atoms with Crippen molar-refractivity contribution < 1.29 is 9.90 Å². The van der Waals surface area contributed by atoms with Crippen LogP contribution in [0, 0.1) is 0 Å². The first-order valence-corrected chi connectivity index (χ1v) is 2.70. The van der Waals surface area contributed by atoms with Gasteiger partial charge >= 0.3 is 5.97 Å². The molecule has 1 aromatic heterocycles. The summed E-state index contributed by atoms with van der Waals surface area (Å²) in [5.74, 6) is -0.981. The average Bonchev–Trinajstić information content (AvgIpc) is 2.43. The minimum atomic E-state index is -0.981. The lowest BCUT2D eigenvalue weighted by molar-refractivity contribution is -0.131. The Hall–Kier alpha value is -1.51. The van der Waals surface area contributed by atoms with Gasteiger partial charge in [0.15, 0.2) is 0 Å². The van der Waals surface area contributed by atoms with Crippen LogP contribution in [0.5, 0.6) is 0 Å². The van der Waals surface area contributed by atoms with Gasteiger partial charge in [-0.25, -0.2) is 4.79 Å². The molecule has 0 spiro atoms. The van der Waals surface area contributed by atoms with Crippen molar-refractivity contribution in [1.29, 1.82) is 0 Å². The third kappa shape index (κ3) is 6.49. The van der Waals surface area contributed by atoms with Gasteiger partial charge in [-0.2, -0.15) is 0 Å². The molecule has 0 amide bonds. The van der Waals surface area contributed by atoms with Gasteiger partial charge in [0, 0.05) is 18.5 Å². The van der Waals surface area contributed by atoms with Crippen LogP contribution in [-0.4, -0.2) is 16.1 Å². The van der Waals surface area contributed by atoms with E-state index < -0.39 is 5.97 Å². The van der Waals surface area contributed by atoms with Crippen molar-refractivity contribution in [2.24, 2.45) is 0 Å².